The predicted molar refractivity (Wildman–Crippen MR) is 92.9 cm³/mol. The fraction of sp³-hybridized carbons (Fsp3) is 0.526. The van der Waals surface area contributed by atoms with Crippen LogP contribution in [-0.4, -0.2) is 34.6 Å². The fourth-order valence-electron chi connectivity index (χ4n) is 3.95. The summed E-state index contributed by atoms with van der Waals surface area (Å²) in [6, 6.07) is 6.68. The van der Waals surface area contributed by atoms with Crippen LogP contribution in [0, 0.1) is 5.41 Å². The zero-order valence-electron chi connectivity index (χ0n) is 14.4. The van der Waals surface area contributed by atoms with Crippen LogP contribution in [0.5, 0.6) is 0 Å². The van der Waals surface area contributed by atoms with Gasteiger partial charge in [0.05, 0.1) is 7.11 Å². The molecule has 1 amide bonds. The number of aromatic nitrogens is 2. The predicted octanol–water partition coefficient (Wildman–Crippen LogP) is 2.59. The first-order chi connectivity index (χ1) is 12.1. The number of amides is 1. The standard InChI is InChI=1S/C19H23N3O3/c1-25-18(24)19(9-10-19)17(23)21-14-4-6-15(7-5-14)22-12-8-13-3-2-11-20-16(13)22/h2-3,8,11-12,14-15H,4-7,9-10H2,1H3,(H,21,23). The van der Waals surface area contributed by atoms with Crippen LogP contribution in [0.1, 0.15) is 44.6 Å². The lowest BCUT2D eigenvalue weighted by molar-refractivity contribution is -0.152. The number of pyridine rings is 1. The first kappa shape index (κ1) is 16.1. The number of esters is 1. The highest BCUT2D eigenvalue weighted by atomic mass is 16.5. The first-order valence-electron chi connectivity index (χ1n) is 8.95. The van der Waals surface area contributed by atoms with Gasteiger partial charge in [0.2, 0.25) is 5.91 Å². The van der Waals surface area contributed by atoms with Crippen molar-refractivity contribution in [2.24, 2.45) is 5.41 Å². The molecule has 2 saturated carbocycles. The lowest BCUT2D eigenvalue weighted by Crippen LogP contribution is -2.44. The quantitative estimate of drug-likeness (QED) is 0.685. The van der Waals surface area contributed by atoms with E-state index in [0.717, 1.165) is 36.7 Å². The monoisotopic (exact) mass is 341 g/mol. The van der Waals surface area contributed by atoms with Gasteiger partial charge in [0.1, 0.15) is 11.1 Å². The first-order valence-corrected chi connectivity index (χ1v) is 8.95. The molecule has 0 spiro atoms. The minimum atomic E-state index is -0.911. The zero-order valence-corrected chi connectivity index (χ0v) is 14.4. The third-order valence-electron chi connectivity index (χ3n) is 5.66. The van der Waals surface area contributed by atoms with Gasteiger partial charge in [0.25, 0.3) is 0 Å². The summed E-state index contributed by atoms with van der Waals surface area (Å²) in [6.45, 7) is 0. The van der Waals surface area contributed by atoms with E-state index in [4.69, 9.17) is 4.74 Å². The van der Waals surface area contributed by atoms with E-state index in [0.29, 0.717) is 18.9 Å². The molecule has 0 atom stereocenters. The number of carbonyl (C=O) groups excluding carboxylic acids is 2. The van der Waals surface area contributed by atoms with Gasteiger partial charge in [-0.15, -0.1) is 0 Å². The smallest absolute Gasteiger partial charge is 0.321 e. The summed E-state index contributed by atoms with van der Waals surface area (Å²) in [6.07, 6.45) is 8.96. The Kier molecular flexibility index (Phi) is 3.98. The highest BCUT2D eigenvalue weighted by molar-refractivity contribution is 6.05. The lowest BCUT2D eigenvalue weighted by atomic mass is 9.90. The van der Waals surface area contributed by atoms with Crippen molar-refractivity contribution in [1.82, 2.24) is 14.9 Å². The van der Waals surface area contributed by atoms with E-state index < -0.39 is 11.4 Å². The summed E-state index contributed by atoms with van der Waals surface area (Å²) in [5.74, 6) is -0.556. The summed E-state index contributed by atoms with van der Waals surface area (Å²) >= 11 is 0. The van der Waals surface area contributed by atoms with Crippen LogP contribution in [0.25, 0.3) is 11.0 Å². The Labute approximate surface area is 146 Å². The van der Waals surface area contributed by atoms with Gasteiger partial charge in [0, 0.05) is 29.9 Å². The molecule has 6 nitrogen and oxygen atoms in total. The number of nitrogens with one attached hydrogen (secondary N) is 1. The van der Waals surface area contributed by atoms with Crippen molar-refractivity contribution in [2.45, 2.75) is 50.6 Å². The maximum absolute atomic E-state index is 12.5. The van der Waals surface area contributed by atoms with Gasteiger partial charge in [0.15, 0.2) is 0 Å². The lowest BCUT2D eigenvalue weighted by Gasteiger charge is -2.31. The van der Waals surface area contributed by atoms with E-state index in [2.05, 4.69) is 33.2 Å². The highest BCUT2D eigenvalue weighted by Gasteiger charge is 2.58. The minimum Gasteiger partial charge on any atom is -0.468 e. The molecule has 1 N–H and O–H groups in total. The van der Waals surface area contributed by atoms with Gasteiger partial charge in [-0.05, 0) is 56.7 Å². The molecule has 2 aromatic rings. The second-order valence-electron chi connectivity index (χ2n) is 7.19. The maximum atomic E-state index is 12.5. The van der Waals surface area contributed by atoms with Crippen molar-refractivity contribution in [3.8, 4) is 0 Å². The average molecular weight is 341 g/mol. The maximum Gasteiger partial charge on any atom is 0.321 e. The van der Waals surface area contributed by atoms with Crippen molar-refractivity contribution < 1.29 is 14.3 Å². The van der Waals surface area contributed by atoms with E-state index in [9.17, 15) is 9.59 Å². The van der Waals surface area contributed by atoms with E-state index in [1.165, 1.54) is 7.11 Å². The molecule has 0 aromatic carbocycles. The molecule has 0 radical (unpaired) electrons. The molecule has 0 saturated heterocycles. The second kappa shape index (κ2) is 6.17. The molecule has 2 aliphatic rings. The largest absolute Gasteiger partial charge is 0.468 e. The SMILES string of the molecule is COC(=O)C1(C(=O)NC2CCC(n3ccc4cccnc43)CC2)CC1. The molecular formula is C19H23N3O3. The highest BCUT2D eigenvalue weighted by Crippen LogP contribution is 2.47. The van der Waals surface area contributed by atoms with Gasteiger partial charge in [-0.25, -0.2) is 4.98 Å². The Morgan fingerprint density at radius 2 is 2.00 bits per heavy atom. The van der Waals surface area contributed by atoms with Crippen molar-refractivity contribution in [2.75, 3.05) is 7.11 Å². The molecule has 0 aliphatic heterocycles. The Bertz CT molecular complexity index is 801. The van der Waals surface area contributed by atoms with Crippen molar-refractivity contribution in [1.29, 1.82) is 0 Å². The number of ether oxygens (including phenoxy) is 1. The Hall–Kier alpha value is -2.37. The van der Waals surface area contributed by atoms with Crippen molar-refractivity contribution in [3.05, 3.63) is 30.6 Å². The second-order valence-corrected chi connectivity index (χ2v) is 7.19. The molecule has 2 heterocycles. The van der Waals surface area contributed by atoms with Gasteiger partial charge in [-0.1, -0.05) is 0 Å². The summed E-state index contributed by atoms with van der Waals surface area (Å²) in [5, 5.41) is 4.23. The summed E-state index contributed by atoms with van der Waals surface area (Å²) in [7, 11) is 1.34. The van der Waals surface area contributed by atoms with Crippen LogP contribution in [0.3, 0.4) is 0 Å². The zero-order chi connectivity index (χ0) is 17.4. The molecule has 132 valence electrons. The normalized spacial score (nSPS) is 24.7. The third kappa shape index (κ3) is 2.79. The number of carbonyl (C=O) groups is 2. The van der Waals surface area contributed by atoms with E-state index >= 15 is 0 Å². The van der Waals surface area contributed by atoms with Crippen LogP contribution in [-0.2, 0) is 14.3 Å². The number of hydrogen-bond donors (Lipinski definition) is 1. The van der Waals surface area contributed by atoms with Crippen LogP contribution in [0.4, 0.5) is 0 Å². The minimum absolute atomic E-state index is 0.140. The van der Waals surface area contributed by atoms with E-state index in [-0.39, 0.29) is 11.9 Å². The fourth-order valence-corrected chi connectivity index (χ4v) is 3.95. The molecule has 2 fully saturated rings. The van der Waals surface area contributed by atoms with Crippen LogP contribution >= 0.6 is 0 Å². The number of fused-ring (bicyclic) bond motifs is 1. The molecule has 2 aromatic heterocycles. The number of nitrogens with zero attached hydrogens (tertiary/aromatic N) is 2. The summed E-state index contributed by atoms with van der Waals surface area (Å²) < 4.78 is 7.04. The molecule has 0 unspecified atom stereocenters. The molecule has 0 bridgehead atoms. The Balaban J connectivity index is 1.37. The molecule has 4 rings (SSSR count). The summed E-state index contributed by atoms with van der Waals surface area (Å²) in [4.78, 5) is 28.8. The van der Waals surface area contributed by atoms with Crippen molar-refractivity contribution >= 4 is 22.9 Å². The van der Waals surface area contributed by atoms with Gasteiger partial charge >= 0.3 is 5.97 Å². The van der Waals surface area contributed by atoms with E-state index in [1.54, 1.807) is 0 Å². The molecule has 2 aliphatic carbocycles. The third-order valence-corrected chi connectivity index (χ3v) is 5.66. The Morgan fingerprint density at radius 1 is 1.24 bits per heavy atom. The number of methoxy groups -OCH3 is 1. The van der Waals surface area contributed by atoms with Gasteiger partial charge in [-0.2, -0.15) is 0 Å². The summed E-state index contributed by atoms with van der Waals surface area (Å²) in [5.41, 5.74) is 0.115. The van der Waals surface area contributed by atoms with Crippen molar-refractivity contribution in [3.63, 3.8) is 0 Å². The topological polar surface area (TPSA) is 73.2 Å². The molecule has 6 heteroatoms. The van der Waals surface area contributed by atoms with Crippen LogP contribution in [0.2, 0.25) is 0 Å². The average Bonchev–Trinajstić information content (AvgIpc) is 3.36. The van der Waals surface area contributed by atoms with Crippen LogP contribution in [0.15, 0.2) is 30.6 Å². The Morgan fingerprint density at radius 3 is 2.68 bits per heavy atom. The molecular weight excluding hydrogens is 318 g/mol. The van der Waals surface area contributed by atoms with Gasteiger partial charge < -0.3 is 14.6 Å². The van der Waals surface area contributed by atoms with Crippen LogP contribution < -0.4 is 5.32 Å². The number of rotatable bonds is 4. The number of hydrogen-bond acceptors (Lipinski definition) is 4. The van der Waals surface area contributed by atoms with Gasteiger partial charge in [-0.3, -0.25) is 9.59 Å². The molecule has 25 heavy (non-hydrogen) atoms. The van der Waals surface area contributed by atoms with E-state index in [1.807, 2.05) is 12.3 Å².